The lowest BCUT2D eigenvalue weighted by atomic mass is 10.1. The Labute approximate surface area is 110 Å². The molecule has 0 saturated carbocycles. The highest BCUT2D eigenvalue weighted by Gasteiger charge is 2.18. The number of rotatable bonds is 4. The van der Waals surface area contributed by atoms with Crippen LogP contribution in [-0.4, -0.2) is 32.7 Å². The van der Waals surface area contributed by atoms with Gasteiger partial charge in [0.15, 0.2) is 0 Å². The molecule has 1 saturated heterocycles. The van der Waals surface area contributed by atoms with Crippen LogP contribution in [0.1, 0.15) is 16.8 Å². The molecule has 0 radical (unpaired) electrons. The highest BCUT2D eigenvalue weighted by Crippen LogP contribution is 2.20. The second-order valence-corrected chi connectivity index (χ2v) is 4.50. The standard InChI is InChI=1S/C13H16F2N2O2/c1-16-12-10(14)4-9(5-11(12)15)13(18)17-6-8-2-3-19-7-8/h4-5,8,16H,2-3,6-7H2,1H3,(H,17,18). The van der Waals surface area contributed by atoms with E-state index in [-0.39, 0.29) is 17.2 Å². The summed E-state index contributed by atoms with van der Waals surface area (Å²) in [5, 5.41) is 5.07. The molecule has 1 aliphatic rings. The lowest BCUT2D eigenvalue weighted by Crippen LogP contribution is -2.29. The van der Waals surface area contributed by atoms with E-state index in [0.717, 1.165) is 18.6 Å². The highest BCUT2D eigenvalue weighted by atomic mass is 19.1. The van der Waals surface area contributed by atoms with E-state index in [0.29, 0.717) is 19.8 Å². The predicted octanol–water partition coefficient (Wildman–Crippen LogP) is 1.77. The average Bonchev–Trinajstić information content (AvgIpc) is 2.88. The van der Waals surface area contributed by atoms with Gasteiger partial charge in [-0.15, -0.1) is 0 Å². The summed E-state index contributed by atoms with van der Waals surface area (Å²) in [6, 6.07) is 2.05. The number of ether oxygens (including phenoxy) is 1. The topological polar surface area (TPSA) is 50.4 Å². The number of hydrogen-bond donors (Lipinski definition) is 2. The molecule has 1 fully saturated rings. The van der Waals surface area contributed by atoms with Crippen LogP contribution in [0, 0.1) is 17.6 Å². The molecule has 1 aromatic rings. The van der Waals surface area contributed by atoms with Gasteiger partial charge in [0.25, 0.3) is 5.91 Å². The Morgan fingerprint density at radius 3 is 2.63 bits per heavy atom. The fourth-order valence-electron chi connectivity index (χ4n) is 2.03. The van der Waals surface area contributed by atoms with Gasteiger partial charge in [0, 0.05) is 31.7 Å². The molecule has 1 unspecified atom stereocenters. The third-order valence-corrected chi connectivity index (χ3v) is 3.13. The van der Waals surface area contributed by atoms with E-state index in [4.69, 9.17) is 4.74 Å². The van der Waals surface area contributed by atoms with Crippen LogP contribution in [0.4, 0.5) is 14.5 Å². The monoisotopic (exact) mass is 270 g/mol. The molecule has 0 aliphatic carbocycles. The summed E-state index contributed by atoms with van der Waals surface area (Å²) in [4.78, 5) is 11.8. The van der Waals surface area contributed by atoms with Crippen LogP contribution in [0.2, 0.25) is 0 Å². The first-order valence-electron chi connectivity index (χ1n) is 6.14. The number of halogens is 2. The number of carbonyl (C=O) groups excluding carboxylic acids is 1. The fraction of sp³-hybridized carbons (Fsp3) is 0.462. The van der Waals surface area contributed by atoms with Gasteiger partial charge in [-0.2, -0.15) is 0 Å². The van der Waals surface area contributed by atoms with E-state index < -0.39 is 17.5 Å². The number of benzene rings is 1. The molecule has 1 aromatic carbocycles. The molecule has 19 heavy (non-hydrogen) atoms. The minimum Gasteiger partial charge on any atom is -0.383 e. The summed E-state index contributed by atoms with van der Waals surface area (Å²) in [7, 11) is 1.42. The molecule has 4 nitrogen and oxygen atoms in total. The van der Waals surface area contributed by atoms with Crippen molar-refractivity contribution in [3.8, 4) is 0 Å². The number of anilines is 1. The van der Waals surface area contributed by atoms with Gasteiger partial charge in [0.05, 0.1) is 6.61 Å². The molecule has 0 spiro atoms. The van der Waals surface area contributed by atoms with Crippen LogP contribution in [0.15, 0.2) is 12.1 Å². The van der Waals surface area contributed by atoms with Crippen molar-refractivity contribution in [2.75, 3.05) is 32.1 Å². The van der Waals surface area contributed by atoms with Gasteiger partial charge in [-0.05, 0) is 18.6 Å². The summed E-state index contributed by atoms with van der Waals surface area (Å²) in [5.41, 5.74) is -0.256. The van der Waals surface area contributed by atoms with Gasteiger partial charge >= 0.3 is 0 Å². The molecular formula is C13H16F2N2O2. The fourth-order valence-corrected chi connectivity index (χ4v) is 2.03. The van der Waals surface area contributed by atoms with Crippen LogP contribution in [0.3, 0.4) is 0 Å². The number of amides is 1. The first-order valence-corrected chi connectivity index (χ1v) is 6.14. The van der Waals surface area contributed by atoms with E-state index >= 15 is 0 Å². The van der Waals surface area contributed by atoms with Crippen molar-refractivity contribution in [3.63, 3.8) is 0 Å². The molecule has 1 atom stereocenters. The summed E-state index contributed by atoms with van der Waals surface area (Å²) < 4.78 is 32.2. The smallest absolute Gasteiger partial charge is 0.251 e. The second-order valence-electron chi connectivity index (χ2n) is 4.50. The molecule has 2 rings (SSSR count). The molecule has 0 aromatic heterocycles. The van der Waals surface area contributed by atoms with Crippen LogP contribution in [0.5, 0.6) is 0 Å². The third kappa shape index (κ3) is 3.20. The van der Waals surface area contributed by atoms with Crippen molar-refractivity contribution in [1.82, 2.24) is 5.32 Å². The Hall–Kier alpha value is -1.69. The maximum absolute atomic E-state index is 13.5. The van der Waals surface area contributed by atoms with Crippen molar-refractivity contribution < 1.29 is 18.3 Å². The molecule has 2 N–H and O–H groups in total. The van der Waals surface area contributed by atoms with Crippen molar-refractivity contribution in [2.45, 2.75) is 6.42 Å². The molecule has 104 valence electrons. The van der Waals surface area contributed by atoms with E-state index in [9.17, 15) is 13.6 Å². The SMILES string of the molecule is CNc1c(F)cc(C(=O)NCC2CCOC2)cc1F. The molecule has 1 amide bonds. The van der Waals surface area contributed by atoms with Crippen molar-refractivity contribution in [1.29, 1.82) is 0 Å². The zero-order valence-corrected chi connectivity index (χ0v) is 10.6. The summed E-state index contributed by atoms with van der Waals surface area (Å²) in [6.07, 6.45) is 0.891. The van der Waals surface area contributed by atoms with Crippen LogP contribution in [-0.2, 0) is 4.74 Å². The second kappa shape index (κ2) is 5.97. The van der Waals surface area contributed by atoms with E-state index in [1.165, 1.54) is 7.05 Å². The van der Waals surface area contributed by atoms with E-state index in [1.807, 2.05) is 0 Å². The van der Waals surface area contributed by atoms with Crippen LogP contribution < -0.4 is 10.6 Å². The maximum atomic E-state index is 13.5. The van der Waals surface area contributed by atoms with E-state index in [1.54, 1.807) is 0 Å². The molecule has 0 bridgehead atoms. The third-order valence-electron chi connectivity index (χ3n) is 3.13. The lowest BCUT2D eigenvalue weighted by Gasteiger charge is -2.11. The minimum atomic E-state index is -0.781. The predicted molar refractivity (Wildman–Crippen MR) is 67.2 cm³/mol. The van der Waals surface area contributed by atoms with Gasteiger partial charge in [-0.3, -0.25) is 4.79 Å². The van der Waals surface area contributed by atoms with E-state index in [2.05, 4.69) is 10.6 Å². The van der Waals surface area contributed by atoms with Crippen molar-refractivity contribution >= 4 is 11.6 Å². The zero-order chi connectivity index (χ0) is 13.8. The van der Waals surface area contributed by atoms with Gasteiger partial charge in [0.2, 0.25) is 0 Å². The maximum Gasteiger partial charge on any atom is 0.251 e. The molecule has 1 aliphatic heterocycles. The Kier molecular flexibility index (Phi) is 4.31. The molecule has 1 heterocycles. The Bertz CT molecular complexity index is 451. The quantitative estimate of drug-likeness (QED) is 0.876. The largest absolute Gasteiger partial charge is 0.383 e. The van der Waals surface area contributed by atoms with Gasteiger partial charge in [-0.1, -0.05) is 0 Å². The Balaban J connectivity index is 2.02. The number of carbonyl (C=O) groups is 1. The summed E-state index contributed by atoms with van der Waals surface area (Å²) in [6.45, 7) is 1.76. The first-order chi connectivity index (χ1) is 9.11. The van der Waals surface area contributed by atoms with Gasteiger partial charge < -0.3 is 15.4 Å². The van der Waals surface area contributed by atoms with Crippen molar-refractivity contribution in [3.05, 3.63) is 29.3 Å². The first kappa shape index (κ1) is 13.7. The number of hydrogen-bond acceptors (Lipinski definition) is 3. The summed E-state index contributed by atoms with van der Waals surface area (Å²) >= 11 is 0. The van der Waals surface area contributed by atoms with Crippen LogP contribution in [0.25, 0.3) is 0 Å². The average molecular weight is 270 g/mol. The summed E-state index contributed by atoms with van der Waals surface area (Å²) in [5.74, 6) is -1.77. The Morgan fingerprint density at radius 2 is 2.11 bits per heavy atom. The Morgan fingerprint density at radius 1 is 1.42 bits per heavy atom. The zero-order valence-electron chi connectivity index (χ0n) is 10.6. The van der Waals surface area contributed by atoms with Crippen molar-refractivity contribution in [2.24, 2.45) is 5.92 Å². The van der Waals surface area contributed by atoms with Gasteiger partial charge in [0.1, 0.15) is 17.3 Å². The highest BCUT2D eigenvalue weighted by molar-refractivity contribution is 5.94. The number of nitrogens with one attached hydrogen (secondary N) is 2. The van der Waals surface area contributed by atoms with Gasteiger partial charge in [-0.25, -0.2) is 8.78 Å². The van der Waals surface area contributed by atoms with Crippen LogP contribution >= 0.6 is 0 Å². The molecule has 6 heteroatoms. The molecular weight excluding hydrogens is 254 g/mol. The minimum absolute atomic E-state index is 0.0204. The normalized spacial score (nSPS) is 18.4. The lowest BCUT2D eigenvalue weighted by molar-refractivity contribution is 0.0944.